The number of likely N-dealkylation sites (tertiary alicyclic amines) is 1. The van der Waals surface area contributed by atoms with Crippen molar-refractivity contribution < 1.29 is 9.59 Å². The topological polar surface area (TPSA) is 40.6 Å². The molecule has 0 radical (unpaired) electrons. The Morgan fingerprint density at radius 2 is 1.87 bits per heavy atom. The first-order valence-electron chi connectivity index (χ1n) is 8.68. The number of nitrogens with zero attached hydrogens (tertiary/aromatic N) is 2. The van der Waals surface area contributed by atoms with E-state index in [0.717, 1.165) is 50.1 Å². The van der Waals surface area contributed by atoms with Crippen molar-refractivity contribution in [2.75, 3.05) is 27.2 Å². The molecule has 4 nitrogen and oxygen atoms in total. The summed E-state index contributed by atoms with van der Waals surface area (Å²) in [5.74, 6) is 0.515. The minimum Gasteiger partial charge on any atom is -0.344 e. The van der Waals surface area contributed by atoms with Crippen LogP contribution in [0.4, 0.5) is 0 Å². The van der Waals surface area contributed by atoms with E-state index < -0.39 is 0 Å². The summed E-state index contributed by atoms with van der Waals surface area (Å²) in [6.45, 7) is 1.85. The molecule has 1 aliphatic carbocycles. The standard InChI is InChI=1S/C18H26N2O2S/c1-19(2)18(22)16-12-14-11-13(7-8-15(14)23-16)17(21)20-9-5-3-4-6-10-20/h12-13H,3-11H2,1-2H3/t13-/m0/s1. The van der Waals surface area contributed by atoms with E-state index in [4.69, 9.17) is 0 Å². The molecule has 3 rings (SSSR count). The number of rotatable bonds is 2. The Morgan fingerprint density at radius 3 is 2.52 bits per heavy atom. The molecule has 1 atom stereocenters. The van der Waals surface area contributed by atoms with E-state index in [9.17, 15) is 9.59 Å². The lowest BCUT2D eigenvalue weighted by atomic mass is 9.87. The Labute approximate surface area is 142 Å². The van der Waals surface area contributed by atoms with E-state index in [1.54, 1.807) is 30.3 Å². The minimum atomic E-state index is 0.0693. The van der Waals surface area contributed by atoms with E-state index in [1.165, 1.54) is 23.3 Å². The van der Waals surface area contributed by atoms with Gasteiger partial charge in [-0.05, 0) is 43.7 Å². The van der Waals surface area contributed by atoms with Gasteiger partial charge in [-0.3, -0.25) is 9.59 Å². The Hall–Kier alpha value is -1.36. The second-order valence-electron chi connectivity index (χ2n) is 6.94. The average molecular weight is 334 g/mol. The second-order valence-corrected chi connectivity index (χ2v) is 8.07. The quantitative estimate of drug-likeness (QED) is 0.834. The van der Waals surface area contributed by atoms with Crippen molar-refractivity contribution in [2.45, 2.75) is 44.9 Å². The van der Waals surface area contributed by atoms with Gasteiger partial charge in [-0.25, -0.2) is 0 Å². The maximum Gasteiger partial charge on any atom is 0.263 e. The van der Waals surface area contributed by atoms with Gasteiger partial charge in [-0.1, -0.05) is 12.8 Å². The Kier molecular flexibility index (Phi) is 5.05. The van der Waals surface area contributed by atoms with Gasteiger partial charge in [0.1, 0.15) is 0 Å². The molecular formula is C18H26N2O2S. The molecule has 0 aromatic carbocycles. The number of carbonyl (C=O) groups is 2. The molecule has 1 fully saturated rings. The fourth-order valence-corrected chi connectivity index (χ4v) is 4.84. The molecule has 0 spiro atoms. The van der Waals surface area contributed by atoms with Gasteiger partial charge in [-0.15, -0.1) is 11.3 Å². The monoisotopic (exact) mass is 334 g/mol. The number of fused-ring (bicyclic) bond motifs is 1. The molecule has 5 heteroatoms. The normalized spacial score (nSPS) is 21.5. The third kappa shape index (κ3) is 3.60. The van der Waals surface area contributed by atoms with E-state index in [2.05, 4.69) is 4.90 Å². The lowest BCUT2D eigenvalue weighted by Gasteiger charge is -2.28. The SMILES string of the molecule is CN(C)C(=O)c1cc2c(s1)CC[C@H](C(=O)N1CCCCCC1)C2. The Bertz CT molecular complexity index is 586. The molecular weight excluding hydrogens is 308 g/mol. The summed E-state index contributed by atoms with van der Waals surface area (Å²) in [4.78, 5) is 30.8. The highest BCUT2D eigenvalue weighted by Gasteiger charge is 2.30. The van der Waals surface area contributed by atoms with Crippen molar-refractivity contribution in [3.63, 3.8) is 0 Å². The number of thiophene rings is 1. The molecule has 0 bridgehead atoms. The van der Waals surface area contributed by atoms with E-state index in [-0.39, 0.29) is 11.8 Å². The lowest BCUT2D eigenvalue weighted by Crippen LogP contribution is -2.38. The molecule has 2 aliphatic rings. The number of aryl methyl sites for hydroxylation is 1. The third-order valence-electron chi connectivity index (χ3n) is 4.97. The highest BCUT2D eigenvalue weighted by molar-refractivity contribution is 7.14. The Balaban J connectivity index is 1.69. The van der Waals surface area contributed by atoms with Crippen LogP contribution in [-0.2, 0) is 17.6 Å². The highest BCUT2D eigenvalue weighted by atomic mass is 32.1. The smallest absolute Gasteiger partial charge is 0.263 e. The van der Waals surface area contributed by atoms with Gasteiger partial charge in [0.2, 0.25) is 5.91 Å². The van der Waals surface area contributed by atoms with E-state index in [1.807, 2.05) is 6.07 Å². The fourth-order valence-electron chi connectivity index (χ4n) is 3.61. The minimum absolute atomic E-state index is 0.0693. The van der Waals surface area contributed by atoms with Crippen LogP contribution in [0.3, 0.4) is 0 Å². The largest absolute Gasteiger partial charge is 0.344 e. The Morgan fingerprint density at radius 1 is 1.17 bits per heavy atom. The van der Waals surface area contributed by atoms with Gasteiger partial charge in [0.15, 0.2) is 0 Å². The summed E-state index contributed by atoms with van der Waals surface area (Å²) >= 11 is 1.61. The number of amides is 2. The van der Waals surface area contributed by atoms with Crippen LogP contribution >= 0.6 is 11.3 Å². The first kappa shape index (κ1) is 16.5. The molecule has 1 aromatic rings. The van der Waals surface area contributed by atoms with Gasteiger partial charge in [0, 0.05) is 38.0 Å². The molecule has 23 heavy (non-hydrogen) atoms. The summed E-state index contributed by atoms with van der Waals surface area (Å²) < 4.78 is 0. The molecule has 0 N–H and O–H groups in total. The molecule has 0 unspecified atom stereocenters. The van der Waals surface area contributed by atoms with Crippen molar-refractivity contribution in [2.24, 2.45) is 5.92 Å². The zero-order valence-corrected chi connectivity index (χ0v) is 15.0. The van der Waals surface area contributed by atoms with Gasteiger partial charge in [-0.2, -0.15) is 0 Å². The summed E-state index contributed by atoms with van der Waals surface area (Å²) in [5.41, 5.74) is 1.22. The number of carbonyl (C=O) groups excluding carboxylic acids is 2. The van der Waals surface area contributed by atoms with Crippen LogP contribution in [0.25, 0.3) is 0 Å². The first-order chi connectivity index (χ1) is 11.1. The van der Waals surface area contributed by atoms with Crippen LogP contribution in [0.15, 0.2) is 6.07 Å². The maximum atomic E-state index is 12.8. The van der Waals surface area contributed by atoms with Crippen molar-refractivity contribution in [3.05, 3.63) is 21.4 Å². The predicted molar refractivity (Wildman–Crippen MR) is 92.9 cm³/mol. The van der Waals surface area contributed by atoms with Crippen molar-refractivity contribution in [3.8, 4) is 0 Å². The van der Waals surface area contributed by atoms with Crippen molar-refractivity contribution >= 4 is 23.2 Å². The van der Waals surface area contributed by atoms with Gasteiger partial charge in [0.05, 0.1) is 4.88 Å². The van der Waals surface area contributed by atoms with Gasteiger partial charge >= 0.3 is 0 Å². The number of hydrogen-bond donors (Lipinski definition) is 0. The van der Waals surface area contributed by atoms with E-state index in [0.29, 0.717) is 5.91 Å². The molecule has 0 saturated carbocycles. The predicted octanol–water partition coefficient (Wildman–Crippen LogP) is 2.96. The molecule has 1 saturated heterocycles. The molecule has 1 aromatic heterocycles. The van der Waals surface area contributed by atoms with Gasteiger partial charge < -0.3 is 9.80 Å². The molecule has 1 aliphatic heterocycles. The van der Waals surface area contributed by atoms with Crippen molar-refractivity contribution in [1.29, 1.82) is 0 Å². The van der Waals surface area contributed by atoms with Crippen molar-refractivity contribution in [1.82, 2.24) is 9.80 Å². The van der Waals surface area contributed by atoms with Crippen LogP contribution < -0.4 is 0 Å². The lowest BCUT2D eigenvalue weighted by molar-refractivity contribution is -0.135. The second kappa shape index (κ2) is 7.04. The van der Waals surface area contributed by atoms with Crippen LogP contribution in [0.5, 0.6) is 0 Å². The number of hydrogen-bond acceptors (Lipinski definition) is 3. The summed E-state index contributed by atoms with van der Waals surface area (Å²) in [5, 5.41) is 0. The van der Waals surface area contributed by atoms with Crippen LogP contribution in [0, 0.1) is 5.92 Å². The van der Waals surface area contributed by atoms with E-state index >= 15 is 0 Å². The fraction of sp³-hybridized carbons (Fsp3) is 0.667. The average Bonchev–Trinajstić information content (AvgIpc) is 2.77. The third-order valence-corrected chi connectivity index (χ3v) is 6.19. The summed E-state index contributed by atoms with van der Waals surface area (Å²) in [6, 6.07) is 2.02. The molecule has 2 amide bonds. The van der Waals surface area contributed by atoms with Crippen LogP contribution in [-0.4, -0.2) is 48.8 Å². The highest BCUT2D eigenvalue weighted by Crippen LogP contribution is 2.33. The zero-order valence-electron chi connectivity index (χ0n) is 14.1. The van der Waals surface area contributed by atoms with Crippen LogP contribution in [0.2, 0.25) is 0 Å². The summed E-state index contributed by atoms with van der Waals surface area (Å²) in [7, 11) is 3.57. The van der Waals surface area contributed by atoms with Gasteiger partial charge in [0.25, 0.3) is 5.91 Å². The molecule has 126 valence electrons. The maximum absolute atomic E-state index is 12.8. The summed E-state index contributed by atoms with van der Waals surface area (Å²) in [6.07, 6.45) is 7.46. The zero-order chi connectivity index (χ0) is 16.4. The molecule has 2 heterocycles. The van der Waals surface area contributed by atoms with Crippen LogP contribution in [0.1, 0.15) is 52.2 Å². The first-order valence-corrected chi connectivity index (χ1v) is 9.50.